The van der Waals surface area contributed by atoms with Crippen LogP contribution in [0.15, 0.2) is 24.3 Å². The van der Waals surface area contributed by atoms with Crippen LogP contribution in [0.2, 0.25) is 0 Å². The highest BCUT2D eigenvalue weighted by Gasteiger charge is 2.15. The number of benzene rings is 1. The van der Waals surface area contributed by atoms with Crippen LogP contribution in [-0.4, -0.2) is 12.6 Å². The van der Waals surface area contributed by atoms with Gasteiger partial charge in [0.1, 0.15) is 0 Å². The molecule has 3 nitrogen and oxygen atoms in total. The van der Waals surface area contributed by atoms with Gasteiger partial charge < -0.3 is 10.5 Å². The molecule has 0 amide bonds. The maximum absolute atomic E-state index is 11.4. The van der Waals surface area contributed by atoms with Crippen LogP contribution in [-0.2, 0) is 9.53 Å². The van der Waals surface area contributed by atoms with Crippen molar-refractivity contribution >= 4 is 11.7 Å². The third-order valence-corrected chi connectivity index (χ3v) is 2.05. The molecule has 0 heterocycles. The normalized spacial score (nSPS) is 12.1. The lowest BCUT2D eigenvalue weighted by Gasteiger charge is -2.10. The fourth-order valence-corrected chi connectivity index (χ4v) is 1.23. The number of esters is 1. The van der Waals surface area contributed by atoms with E-state index in [-0.39, 0.29) is 11.9 Å². The minimum Gasteiger partial charge on any atom is -0.466 e. The molecule has 0 aliphatic carbocycles. The van der Waals surface area contributed by atoms with Gasteiger partial charge in [-0.2, -0.15) is 0 Å². The number of nitrogens with two attached hydrogens (primary N) is 1. The number of ether oxygens (including phenoxy) is 1. The molecule has 0 bridgehead atoms. The first kappa shape index (κ1) is 10.6. The summed E-state index contributed by atoms with van der Waals surface area (Å²) in [4.78, 5) is 11.4. The third-order valence-electron chi connectivity index (χ3n) is 2.05. The molecular weight excluding hydrogens is 178 g/mol. The topological polar surface area (TPSA) is 52.3 Å². The summed E-state index contributed by atoms with van der Waals surface area (Å²) in [5, 5.41) is 0. The molecule has 1 aromatic rings. The Morgan fingerprint density at radius 1 is 1.57 bits per heavy atom. The summed E-state index contributed by atoms with van der Waals surface area (Å²) in [6.07, 6.45) is 0. The van der Waals surface area contributed by atoms with Crippen molar-refractivity contribution in [3.05, 3.63) is 29.8 Å². The zero-order chi connectivity index (χ0) is 10.6. The van der Waals surface area contributed by atoms with Gasteiger partial charge in [-0.15, -0.1) is 0 Å². The quantitative estimate of drug-likeness (QED) is 0.589. The van der Waals surface area contributed by atoms with Crippen LogP contribution in [0.1, 0.15) is 25.3 Å². The highest BCUT2D eigenvalue weighted by Crippen LogP contribution is 2.18. The SMILES string of the molecule is CCOC(=O)C(C)c1cccc(N)c1. The van der Waals surface area contributed by atoms with Crippen molar-refractivity contribution in [3.63, 3.8) is 0 Å². The maximum Gasteiger partial charge on any atom is 0.313 e. The molecule has 0 aliphatic heterocycles. The summed E-state index contributed by atoms with van der Waals surface area (Å²) in [6.45, 7) is 4.02. The molecule has 14 heavy (non-hydrogen) atoms. The minimum absolute atomic E-state index is 0.210. The molecular formula is C11H15NO2. The van der Waals surface area contributed by atoms with Gasteiger partial charge in [-0.25, -0.2) is 0 Å². The molecule has 0 saturated carbocycles. The monoisotopic (exact) mass is 193 g/mol. The van der Waals surface area contributed by atoms with E-state index in [1.807, 2.05) is 19.1 Å². The molecule has 1 atom stereocenters. The van der Waals surface area contributed by atoms with Crippen molar-refractivity contribution in [1.82, 2.24) is 0 Å². The Hall–Kier alpha value is -1.51. The minimum atomic E-state index is -0.251. The first-order valence-electron chi connectivity index (χ1n) is 4.67. The van der Waals surface area contributed by atoms with Crippen molar-refractivity contribution in [2.75, 3.05) is 12.3 Å². The van der Waals surface area contributed by atoms with E-state index in [4.69, 9.17) is 10.5 Å². The summed E-state index contributed by atoms with van der Waals surface area (Å²) in [7, 11) is 0. The van der Waals surface area contributed by atoms with Gasteiger partial charge in [0, 0.05) is 5.69 Å². The van der Waals surface area contributed by atoms with E-state index in [1.54, 1.807) is 19.1 Å². The van der Waals surface area contributed by atoms with Crippen LogP contribution in [0, 0.1) is 0 Å². The Morgan fingerprint density at radius 3 is 2.86 bits per heavy atom. The third kappa shape index (κ3) is 2.49. The second-order valence-corrected chi connectivity index (χ2v) is 3.14. The molecule has 0 aromatic heterocycles. The Morgan fingerprint density at radius 2 is 2.29 bits per heavy atom. The van der Waals surface area contributed by atoms with Gasteiger partial charge in [-0.05, 0) is 31.5 Å². The van der Waals surface area contributed by atoms with Gasteiger partial charge in [-0.3, -0.25) is 4.79 Å². The summed E-state index contributed by atoms with van der Waals surface area (Å²) in [6, 6.07) is 7.29. The molecule has 2 N–H and O–H groups in total. The van der Waals surface area contributed by atoms with Crippen LogP contribution in [0.4, 0.5) is 5.69 Å². The average molecular weight is 193 g/mol. The second kappa shape index (κ2) is 4.65. The molecule has 76 valence electrons. The number of carbonyl (C=O) groups excluding carboxylic acids is 1. The Bertz CT molecular complexity index is 323. The van der Waals surface area contributed by atoms with Gasteiger partial charge in [0.15, 0.2) is 0 Å². The number of anilines is 1. The number of hydrogen-bond acceptors (Lipinski definition) is 3. The van der Waals surface area contributed by atoms with E-state index in [1.165, 1.54) is 0 Å². The molecule has 0 saturated heterocycles. The fraction of sp³-hybridized carbons (Fsp3) is 0.364. The van der Waals surface area contributed by atoms with E-state index in [9.17, 15) is 4.79 Å². The van der Waals surface area contributed by atoms with Gasteiger partial charge in [0.2, 0.25) is 0 Å². The maximum atomic E-state index is 11.4. The molecule has 3 heteroatoms. The van der Waals surface area contributed by atoms with E-state index in [0.29, 0.717) is 12.3 Å². The summed E-state index contributed by atoms with van der Waals surface area (Å²) in [5.41, 5.74) is 7.18. The smallest absolute Gasteiger partial charge is 0.313 e. The van der Waals surface area contributed by atoms with E-state index in [0.717, 1.165) is 5.56 Å². The van der Waals surface area contributed by atoms with Crippen molar-refractivity contribution in [2.24, 2.45) is 0 Å². The molecule has 1 unspecified atom stereocenters. The molecule has 0 fully saturated rings. The fourth-order valence-electron chi connectivity index (χ4n) is 1.23. The van der Waals surface area contributed by atoms with Crippen LogP contribution in [0.25, 0.3) is 0 Å². The number of rotatable bonds is 3. The highest BCUT2D eigenvalue weighted by atomic mass is 16.5. The zero-order valence-electron chi connectivity index (χ0n) is 8.49. The van der Waals surface area contributed by atoms with Crippen molar-refractivity contribution in [2.45, 2.75) is 19.8 Å². The summed E-state index contributed by atoms with van der Waals surface area (Å²) in [5.74, 6) is -0.462. The van der Waals surface area contributed by atoms with Crippen LogP contribution < -0.4 is 5.73 Å². The van der Waals surface area contributed by atoms with Crippen molar-refractivity contribution in [1.29, 1.82) is 0 Å². The lowest BCUT2D eigenvalue weighted by molar-refractivity contribution is -0.144. The van der Waals surface area contributed by atoms with E-state index >= 15 is 0 Å². The second-order valence-electron chi connectivity index (χ2n) is 3.14. The Labute approximate surface area is 83.9 Å². The molecule has 1 rings (SSSR count). The van der Waals surface area contributed by atoms with Crippen molar-refractivity contribution < 1.29 is 9.53 Å². The number of hydrogen-bond donors (Lipinski definition) is 1. The summed E-state index contributed by atoms with van der Waals surface area (Å²) < 4.78 is 4.92. The van der Waals surface area contributed by atoms with Crippen LogP contribution in [0.3, 0.4) is 0 Å². The zero-order valence-corrected chi connectivity index (χ0v) is 8.49. The largest absolute Gasteiger partial charge is 0.466 e. The molecule has 1 aromatic carbocycles. The summed E-state index contributed by atoms with van der Waals surface area (Å²) >= 11 is 0. The van der Waals surface area contributed by atoms with Gasteiger partial charge in [0.05, 0.1) is 12.5 Å². The Kier molecular flexibility index (Phi) is 3.51. The molecule has 0 radical (unpaired) electrons. The Balaban J connectivity index is 2.78. The first-order chi connectivity index (χ1) is 6.65. The number of carbonyl (C=O) groups is 1. The predicted molar refractivity (Wildman–Crippen MR) is 55.9 cm³/mol. The molecule has 0 spiro atoms. The average Bonchev–Trinajstić information content (AvgIpc) is 2.17. The van der Waals surface area contributed by atoms with Crippen molar-refractivity contribution in [3.8, 4) is 0 Å². The van der Waals surface area contributed by atoms with E-state index in [2.05, 4.69) is 0 Å². The van der Waals surface area contributed by atoms with E-state index < -0.39 is 0 Å². The molecule has 0 aliphatic rings. The number of nitrogen functional groups attached to an aromatic ring is 1. The van der Waals surface area contributed by atoms with Gasteiger partial charge >= 0.3 is 5.97 Å². The lowest BCUT2D eigenvalue weighted by atomic mass is 10.0. The predicted octanol–water partition coefficient (Wildman–Crippen LogP) is 1.94. The lowest BCUT2D eigenvalue weighted by Crippen LogP contribution is -2.13. The standard InChI is InChI=1S/C11H15NO2/c1-3-14-11(13)8(2)9-5-4-6-10(12)7-9/h4-8H,3,12H2,1-2H3. The highest BCUT2D eigenvalue weighted by molar-refractivity contribution is 5.78. The van der Waals surface area contributed by atoms with Crippen LogP contribution >= 0.6 is 0 Å². The van der Waals surface area contributed by atoms with Crippen LogP contribution in [0.5, 0.6) is 0 Å². The van der Waals surface area contributed by atoms with Gasteiger partial charge in [0.25, 0.3) is 0 Å². The first-order valence-corrected chi connectivity index (χ1v) is 4.67. The van der Waals surface area contributed by atoms with Gasteiger partial charge in [-0.1, -0.05) is 12.1 Å².